The molecule has 1 aromatic heterocycles. The van der Waals surface area contributed by atoms with E-state index in [9.17, 15) is 4.79 Å². The topological polar surface area (TPSA) is 66.0 Å². The van der Waals surface area contributed by atoms with E-state index in [1.165, 1.54) is 12.4 Å². The molecule has 0 fully saturated rings. The standard InChI is InChI=1S/C4H4N2O2.K/c7-4(8)3-5-1-2-6-3;/h1-2H,(H,5,6)(H,7,8);. The summed E-state index contributed by atoms with van der Waals surface area (Å²) in [6, 6.07) is 0. The van der Waals surface area contributed by atoms with Crippen LogP contribution in [0.5, 0.6) is 0 Å². The van der Waals surface area contributed by atoms with E-state index < -0.39 is 5.97 Å². The quantitative estimate of drug-likeness (QED) is 0.543. The van der Waals surface area contributed by atoms with Gasteiger partial charge in [0.25, 0.3) is 0 Å². The second-order valence-corrected chi connectivity index (χ2v) is 1.24. The van der Waals surface area contributed by atoms with Gasteiger partial charge < -0.3 is 10.1 Å². The molecule has 0 aromatic carbocycles. The van der Waals surface area contributed by atoms with Gasteiger partial charge >= 0.3 is 5.97 Å². The van der Waals surface area contributed by atoms with Crippen molar-refractivity contribution in [3.63, 3.8) is 0 Å². The number of nitrogens with zero attached hydrogens (tertiary/aromatic N) is 1. The van der Waals surface area contributed by atoms with Crippen molar-refractivity contribution in [3.05, 3.63) is 18.2 Å². The van der Waals surface area contributed by atoms with Crippen LogP contribution in [0.25, 0.3) is 0 Å². The van der Waals surface area contributed by atoms with Crippen LogP contribution in [0.2, 0.25) is 0 Å². The first-order valence-corrected chi connectivity index (χ1v) is 2.03. The van der Waals surface area contributed by atoms with Crippen LogP contribution in [-0.4, -0.2) is 72.4 Å². The predicted molar refractivity (Wildman–Crippen MR) is 31.3 cm³/mol. The fourth-order valence-electron chi connectivity index (χ4n) is 0.382. The zero-order valence-electron chi connectivity index (χ0n) is 4.96. The van der Waals surface area contributed by atoms with Gasteiger partial charge in [-0.05, 0) is 0 Å². The molecule has 5 heteroatoms. The first-order chi connectivity index (χ1) is 3.80. The Labute approximate surface area is 94.1 Å². The number of aromatic nitrogens is 2. The van der Waals surface area contributed by atoms with Crippen LogP contribution in [0.15, 0.2) is 12.4 Å². The van der Waals surface area contributed by atoms with Crippen LogP contribution in [0.4, 0.5) is 0 Å². The second kappa shape index (κ2) is 4.18. The van der Waals surface area contributed by atoms with Gasteiger partial charge in [-0.1, -0.05) is 0 Å². The third-order valence-corrected chi connectivity index (χ3v) is 0.701. The number of hydrogen-bond acceptors (Lipinski definition) is 2. The van der Waals surface area contributed by atoms with Crippen LogP contribution < -0.4 is 0 Å². The number of aromatic carboxylic acids is 1. The summed E-state index contributed by atoms with van der Waals surface area (Å²) in [5.74, 6) is -1.06. The maximum absolute atomic E-state index is 9.97. The van der Waals surface area contributed by atoms with E-state index in [1.54, 1.807) is 0 Å². The number of nitrogens with one attached hydrogen (secondary N) is 1. The Kier molecular flexibility index (Phi) is 4.33. The first kappa shape index (κ1) is 9.32. The molecule has 43 valence electrons. The van der Waals surface area contributed by atoms with Crippen molar-refractivity contribution >= 4 is 57.4 Å². The maximum Gasteiger partial charge on any atom is 0.371 e. The summed E-state index contributed by atoms with van der Waals surface area (Å²) in [4.78, 5) is 15.9. The van der Waals surface area contributed by atoms with Gasteiger partial charge in [0, 0.05) is 63.8 Å². The van der Waals surface area contributed by atoms with E-state index in [1.807, 2.05) is 0 Å². The molecule has 0 aliphatic heterocycles. The molecule has 0 saturated heterocycles. The first-order valence-electron chi connectivity index (χ1n) is 2.03. The SMILES string of the molecule is O=C(O)c1ncc[nH]1.[K]. The minimum absolute atomic E-state index is 0. The molecule has 0 aliphatic rings. The van der Waals surface area contributed by atoms with Gasteiger partial charge in [-0.15, -0.1) is 0 Å². The zero-order valence-corrected chi connectivity index (χ0v) is 8.08. The van der Waals surface area contributed by atoms with Crippen molar-refractivity contribution in [2.24, 2.45) is 0 Å². The molecule has 1 rings (SSSR count). The molecule has 0 unspecified atom stereocenters. The van der Waals surface area contributed by atoms with Crippen LogP contribution in [0.1, 0.15) is 10.6 Å². The number of carboxylic acids is 1. The van der Waals surface area contributed by atoms with Crippen molar-refractivity contribution in [3.8, 4) is 0 Å². The van der Waals surface area contributed by atoms with Crippen molar-refractivity contribution in [1.82, 2.24) is 9.97 Å². The molecule has 0 saturated carbocycles. The molecule has 0 amide bonds. The normalized spacial score (nSPS) is 8.00. The summed E-state index contributed by atoms with van der Waals surface area (Å²) in [7, 11) is 0. The van der Waals surface area contributed by atoms with Gasteiger partial charge in [0.1, 0.15) is 0 Å². The summed E-state index contributed by atoms with van der Waals surface area (Å²) in [6.45, 7) is 0. The third-order valence-electron chi connectivity index (χ3n) is 0.701. The van der Waals surface area contributed by atoms with Crippen LogP contribution in [0, 0.1) is 0 Å². The molecule has 1 aromatic rings. The van der Waals surface area contributed by atoms with Crippen LogP contribution in [0.3, 0.4) is 0 Å². The third kappa shape index (κ3) is 2.59. The Morgan fingerprint density at radius 1 is 1.78 bits per heavy atom. The molecule has 0 atom stereocenters. The minimum Gasteiger partial charge on any atom is -0.475 e. The number of hydrogen-bond donors (Lipinski definition) is 2. The average molecular weight is 151 g/mol. The van der Waals surface area contributed by atoms with E-state index in [-0.39, 0.29) is 57.2 Å². The van der Waals surface area contributed by atoms with Gasteiger partial charge in [0.2, 0.25) is 5.82 Å². The molecule has 0 bridgehead atoms. The zero-order chi connectivity index (χ0) is 5.98. The fraction of sp³-hybridized carbons (Fsp3) is 0. The monoisotopic (exact) mass is 151 g/mol. The Hall–Kier alpha value is 0.316. The average Bonchev–Trinajstić information content (AvgIpc) is 2.12. The Bertz CT molecular complexity index is 184. The van der Waals surface area contributed by atoms with Gasteiger partial charge in [0.15, 0.2) is 0 Å². The molecule has 9 heavy (non-hydrogen) atoms. The number of imidazole rings is 1. The molecule has 2 N–H and O–H groups in total. The largest absolute Gasteiger partial charge is 0.475 e. The van der Waals surface area contributed by atoms with Gasteiger partial charge in [-0.3, -0.25) is 0 Å². The van der Waals surface area contributed by atoms with Crippen LogP contribution in [-0.2, 0) is 0 Å². The van der Waals surface area contributed by atoms with Crippen molar-refractivity contribution in [2.45, 2.75) is 0 Å². The molecule has 1 heterocycles. The number of rotatable bonds is 1. The van der Waals surface area contributed by atoms with Crippen molar-refractivity contribution in [1.29, 1.82) is 0 Å². The molecule has 0 aliphatic carbocycles. The smallest absolute Gasteiger partial charge is 0.371 e. The van der Waals surface area contributed by atoms with Gasteiger partial charge in [0.05, 0.1) is 0 Å². The number of H-pyrrole nitrogens is 1. The fourth-order valence-corrected chi connectivity index (χ4v) is 0.382. The van der Waals surface area contributed by atoms with Crippen LogP contribution >= 0.6 is 0 Å². The maximum atomic E-state index is 9.97. The second-order valence-electron chi connectivity index (χ2n) is 1.24. The number of carbonyl (C=O) groups is 1. The summed E-state index contributed by atoms with van der Waals surface area (Å²) in [5.41, 5.74) is 0. The Morgan fingerprint density at radius 3 is 2.67 bits per heavy atom. The summed E-state index contributed by atoms with van der Waals surface area (Å²) < 4.78 is 0. The van der Waals surface area contributed by atoms with Crippen molar-refractivity contribution < 1.29 is 9.90 Å². The van der Waals surface area contributed by atoms with E-state index in [0.717, 1.165) is 0 Å². The molecular weight excluding hydrogens is 147 g/mol. The predicted octanol–water partition coefficient (Wildman–Crippen LogP) is -0.273. The molecule has 4 nitrogen and oxygen atoms in total. The van der Waals surface area contributed by atoms with Gasteiger partial charge in [-0.2, -0.15) is 0 Å². The number of carboxylic acid groups (broad SMARTS) is 1. The van der Waals surface area contributed by atoms with E-state index in [4.69, 9.17) is 5.11 Å². The molecule has 0 spiro atoms. The summed E-state index contributed by atoms with van der Waals surface area (Å²) >= 11 is 0. The minimum atomic E-state index is -1.03. The van der Waals surface area contributed by atoms with E-state index in [0.29, 0.717) is 0 Å². The Morgan fingerprint density at radius 2 is 2.44 bits per heavy atom. The van der Waals surface area contributed by atoms with Gasteiger partial charge in [-0.25, -0.2) is 9.78 Å². The van der Waals surface area contributed by atoms with E-state index in [2.05, 4.69) is 9.97 Å². The molecule has 1 radical (unpaired) electrons. The summed E-state index contributed by atoms with van der Waals surface area (Å²) in [6.07, 6.45) is 2.85. The van der Waals surface area contributed by atoms with Crippen molar-refractivity contribution in [2.75, 3.05) is 0 Å². The molecular formula is C4H4KN2O2. The number of aromatic amines is 1. The summed E-state index contributed by atoms with van der Waals surface area (Å²) in [5, 5.41) is 8.18. The Balaban J connectivity index is 0.000000640. The van der Waals surface area contributed by atoms with E-state index >= 15 is 0 Å².